The summed E-state index contributed by atoms with van der Waals surface area (Å²) in [5.74, 6) is -0.910. The van der Waals surface area contributed by atoms with Gasteiger partial charge in [-0.2, -0.15) is 0 Å². The van der Waals surface area contributed by atoms with Crippen LogP contribution in [0.25, 0.3) is 20.8 Å². The van der Waals surface area contributed by atoms with Gasteiger partial charge in [0.1, 0.15) is 5.01 Å². The molecule has 0 bridgehead atoms. The lowest BCUT2D eigenvalue weighted by Crippen LogP contribution is -1.94. The number of benzene rings is 2. The van der Waals surface area contributed by atoms with Gasteiger partial charge in [0.2, 0.25) is 0 Å². The van der Waals surface area contributed by atoms with Crippen LogP contribution in [0.1, 0.15) is 15.9 Å². The molecular formula is C15H10INO2S. The van der Waals surface area contributed by atoms with Gasteiger partial charge in [-0.25, -0.2) is 9.78 Å². The molecular weight excluding hydrogens is 385 g/mol. The van der Waals surface area contributed by atoms with Crippen molar-refractivity contribution in [3.63, 3.8) is 0 Å². The quantitative estimate of drug-likeness (QED) is 0.647. The van der Waals surface area contributed by atoms with Crippen LogP contribution in [-0.4, -0.2) is 16.1 Å². The Morgan fingerprint density at radius 3 is 2.85 bits per heavy atom. The van der Waals surface area contributed by atoms with Crippen molar-refractivity contribution in [3.8, 4) is 10.6 Å². The van der Waals surface area contributed by atoms with Crippen LogP contribution in [0, 0.1) is 10.5 Å². The molecule has 1 aromatic heterocycles. The molecule has 0 unspecified atom stereocenters. The molecule has 0 aliphatic carbocycles. The normalized spacial score (nSPS) is 10.9. The molecule has 20 heavy (non-hydrogen) atoms. The number of hydrogen-bond acceptors (Lipinski definition) is 3. The predicted molar refractivity (Wildman–Crippen MR) is 89.5 cm³/mol. The van der Waals surface area contributed by atoms with Gasteiger partial charge in [-0.05, 0) is 53.3 Å². The smallest absolute Gasteiger partial charge is 0.335 e. The van der Waals surface area contributed by atoms with Crippen LogP contribution in [-0.2, 0) is 0 Å². The summed E-state index contributed by atoms with van der Waals surface area (Å²) < 4.78 is 2.08. The third kappa shape index (κ3) is 2.31. The molecule has 0 fully saturated rings. The SMILES string of the molecule is Cc1cccc(-c2nc3ccc(C(=O)O)cc3s2)c1I. The van der Waals surface area contributed by atoms with E-state index in [0.717, 1.165) is 20.8 Å². The van der Waals surface area contributed by atoms with Gasteiger partial charge in [-0.1, -0.05) is 18.2 Å². The highest BCUT2D eigenvalue weighted by Crippen LogP contribution is 2.34. The fraction of sp³-hybridized carbons (Fsp3) is 0.0667. The molecule has 5 heteroatoms. The second kappa shape index (κ2) is 5.14. The largest absolute Gasteiger partial charge is 0.478 e. The summed E-state index contributed by atoms with van der Waals surface area (Å²) in [7, 11) is 0. The van der Waals surface area contributed by atoms with E-state index in [0.29, 0.717) is 5.56 Å². The topological polar surface area (TPSA) is 50.2 Å². The molecule has 1 N–H and O–H groups in total. The summed E-state index contributed by atoms with van der Waals surface area (Å²) in [5, 5.41) is 9.96. The molecule has 3 rings (SSSR count). The predicted octanol–water partition coefficient (Wildman–Crippen LogP) is 4.57. The lowest BCUT2D eigenvalue weighted by Gasteiger charge is -2.02. The first-order chi connectivity index (χ1) is 9.56. The first kappa shape index (κ1) is 13.5. The van der Waals surface area contributed by atoms with Gasteiger partial charge in [0.15, 0.2) is 0 Å². The Labute approximate surface area is 133 Å². The molecule has 0 aliphatic heterocycles. The lowest BCUT2D eigenvalue weighted by atomic mass is 10.1. The number of aromatic carboxylic acids is 1. The zero-order valence-corrected chi connectivity index (χ0v) is 13.5. The monoisotopic (exact) mass is 395 g/mol. The minimum atomic E-state index is -0.910. The number of aryl methyl sites for hydroxylation is 1. The second-order valence-corrected chi connectivity index (χ2v) is 6.55. The third-order valence-corrected chi connectivity index (χ3v) is 5.54. The number of thiazole rings is 1. The van der Waals surface area contributed by atoms with Gasteiger partial charge in [-0.3, -0.25) is 0 Å². The Morgan fingerprint density at radius 1 is 1.30 bits per heavy atom. The van der Waals surface area contributed by atoms with E-state index in [9.17, 15) is 4.79 Å². The zero-order valence-electron chi connectivity index (χ0n) is 10.6. The molecule has 2 aromatic carbocycles. The fourth-order valence-corrected chi connectivity index (χ4v) is 3.82. The van der Waals surface area contributed by atoms with E-state index in [1.165, 1.54) is 20.5 Å². The van der Waals surface area contributed by atoms with E-state index in [2.05, 4.69) is 40.6 Å². The molecule has 0 spiro atoms. The summed E-state index contributed by atoms with van der Waals surface area (Å²) in [4.78, 5) is 15.6. The molecule has 100 valence electrons. The van der Waals surface area contributed by atoms with Gasteiger partial charge < -0.3 is 5.11 Å². The van der Waals surface area contributed by atoms with E-state index < -0.39 is 5.97 Å². The van der Waals surface area contributed by atoms with Gasteiger partial charge in [0.05, 0.1) is 15.8 Å². The van der Waals surface area contributed by atoms with Crippen molar-refractivity contribution in [2.24, 2.45) is 0 Å². The number of carbonyl (C=O) groups is 1. The van der Waals surface area contributed by atoms with Crippen LogP contribution in [0.4, 0.5) is 0 Å². The van der Waals surface area contributed by atoms with Crippen molar-refractivity contribution in [3.05, 3.63) is 51.1 Å². The number of carboxylic acid groups (broad SMARTS) is 1. The number of rotatable bonds is 2. The van der Waals surface area contributed by atoms with Crippen molar-refractivity contribution in [2.45, 2.75) is 6.92 Å². The second-order valence-electron chi connectivity index (χ2n) is 4.44. The van der Waals surface area contributed by atoms with E-state index in [1.54, 1.807) is 18.2 Å². The Balaban J connectivity index is 2.18. The van der Waals surface area contributed by atoms with E-state index in [-0.39, 0.29) is 0 Å². The maximum absolute atomic E-state index is 11.0. The van der Waals surface area contributed by atoms with E-state index in [1.807, 2.05) is 12.1 Å². The molecule has 0 amide bonds. The Hall–Kier alpha value is -1.47. The molecule has 0 atom stereocenters. The molecule has 0 radical (unpaired) electrons. The molecule has 3 aromatic rings. The fourth-order valence-electron chi connectivity index (χ4n) is 1.99. The highest BCUT2D eigenvalue weighted by molar-refractivity contribution is 14.1. The van der Waals surface area contributed by atoms with Crippen molar-refractivity contribution in [1.82, 2.24) is 4.98 Å². The highest BCUT2D eigenvalue weighted by atomic mass is 127. The Morgan fingerprint density at radius 2 is 2.10 bits per heavy atom. The van der Waals surface area contributed by atoms with Crippen molar-refractivity contribution in [1.29, 1.82) is 0 Å². The summed E-state index contributed by atoms with van der Waals surface area (Å²) in [6, 6.07) is 11.2. The summed E-state index contributed by atoms with van der Waals surface area (Å²) in [6.07, 6.45) is 0. The summed E-state index contributed by atoms with van der Waals surface area (Å²) >= 11 is 3.85. The van der Waals surface area contributed by atoms with Gasteiger partial charge in [-0.15, -0.1) is 11.3 Å². The molecule has 1 heterocycles. The highest BCUT2D eigenvalue weighted by Gasteiger charge is 2.12. The number of nitrogens with zero attached hydrogens (tertiary/aromatic N) is 1. The van der Waals surface area contributed by atoms with Crippen LogP contribution in [0.3, 0.4) is 0 Å². The number of fused-ring (bicyclic) bond motifs is 1. The van der Waals surface area contributed by atoms with E-state index >= 15 is 0 Å². The third-order valence-electron chi connectivity index (χ3n) is 3.06. The summed E-state index contributed by atoms with van der Waals surface area (Å²) in [5.41, 5.74) is 3.45. The zero-order chi connectivity index (χ0) is 14.3. The van der Waals surface area contributed by atoms with Gasteiger partial charge in [0.25, 0.3) is 0 Å². The Kier molecular flexibility index (Phi) is 3.47. The van der Waals surface area contributed by atoms with Crippen LogP contribution >= 0.6 is 33.9 Å². The van der Waals surface area contributed by atoms with Crippen LogP contribution < -0.4 is 0 Å². The van der Waals surface area contributed by atoms with Gasteiger partial charge in [0, 0.05) is 9.13 Å². The average molecular weight is 395 g/mol. The van der Waals surface area contributed by atoms with Crippen LogP contribution in [0.5, 0.6) is 0 Å². The maximum atomic E-state index is 11.0. The van der Waals surface area contributed by atoms with Crippen molar-refractivity contribution < 1.29 is 9.90 Å². The summed E-state index contributed by atoms with van der Waals surface area (Å²) in [6.45, 7) is 2.07. The van der Waals surface area contributed by atoms with E-state index in [4.69, 9.17) is 5.11 Å². The number of halogens is 1. The molecule has 0 saturated carbocycles. The van der Waals surface area contributed by atoms with Crippen molar-refractivity contribution >= 4 is 50.1 Å². The Bertz CT molecular complexity index is 826. The first-order valence-electron chi connectivity index (χ1n) is 5.95. The molecule has 0 saturated heterocycles. The molecule has 3 nitrogen and oxygen atoms in total. The number of aromatic nitrogens is 1. The van der Waals surface area contributed by atoms with Crippen molar-refractivity contribution in [2.75, 3.05) is 0 Å². The lowest BCUT2D eigenvalue weighted by molar-refractivity contribution is 0.0697. The van der Waals surface area contributed by atoms with Gasteiger partial charge >= 0.3 is 5.97 Å². The van der Waals surface area contributed by atoms with Crippen LogP contribution in [0.15, 0.2) is 36.4 Å². The minimum absolute atomic E-state index is 0.298. The van der Waals surface area contributed by atoms with Crippen LogP contribution in [0.2, 0.25) is 0 Å². The average Bonchev–Trinajstić information content (AvgIpc) is 2.84. The number of hydrogen-bond donors (Lipinski definition) is 1. The maximum Gasteiger partial charge on any atom is 0.335 e. The molecule has 0 aliphatic rings. The first-order valence-corrected chi connectivity index (χ1v) is 7.85. The standard InChI is InChI=1S/C15H10INO2S/c1-8-3-2-4-10(13(8)16)14-17-11-6-5-9(15(18)19)7-12(11)20-14/h2-7H,1H3,(H,18,19). The number of carboxylic acids is 1. The minimum Gasteiger partial charge on any atom is -0.478 e.